The molecule has 3 heteroatoms. The summed E-state index contributed by atoms with van der Waals surface area (Å²) in [5, 5.41) is 3.30. The molecular weight excluding hydrogens is 176 g/mol. The number of ketones is 1. The van der Waals surface area contributed by atoms with Crippen LogP contribution in [0.5, 0.6) is 0 Å². The Kier molecular flexibility index (Phi) is 4.55. The summed E-state index contributed by atoms with van der Waals surface area (Å²) in [6.45, 7) is 8.97. The lowest BCUT2D eigenvalue weighted by Gasteiger charge is -2.34. The normalized spacial score (nSPS) is 20.3. The summed E-state index contributed by atoms with van der Waals surface area (Å²) in [4.78, 5) is 13.3. The molecule has 14 heavy (non-hydrogen) atoms. The summed E-state index contributed by atoms with van der Waals surface area (Å²) in [5.41, 5.74) is 0. The first-order chi connectivity index (χ1) is 6.59. The first kappa shape index (κ1) is 11.7. The van der Waals surface area contributed by atoms with Crippen LogP contribution < -0.4 is 5.32 Å². The van der Waals surface area contributed by atoms with Gasteiger partial charge in [-0.25, -0.2) is 0 Å². The highest BCUT2D eigenvalue weighted by Gasteiger charge is 2.20. The summed E-state index contributed by atoms with van der Waals surface area (Å²) in [7, 11) is 0. The van der Waals surface area contributed by atoms with E-state index in [1.54, 1.807) is 6.92 Å². The van der Waals surface area contributed by atoms with Gasteiger partial charge >= 0.3 is 0 Å². The van der Waals surface area contributed by atoms with E-state index in [0.717, 1.165) is 13.1 Å². The molecule has 0 radical (unpaired) electrons. The number of hydrogen-bond donors (Lipinski definition) is 1. The lowest BCUT2D eigenvalue weighted by atomic mass is 10.0. The van der Waals surface area contributed by atoms with E-state index < -0.39 is 0 Å². The smallest absolute Gasteiger partial charge is 0.143 e. The fourth-order valence-corrected chi connectivity index (χ4v) is 1.91. The number of carbonyl (C=O) groups is 1. The van der Waals surface area contributed by atoms with Crippen LogP contribution in [-0.4, -0.2) is 42.4 Å². The van der Waals surface area contributed by atoms with Crippen LogP contribution in [0.2, 0.25) is 0 Å². The van der Waals surface area contributed by atoms with Crippen molar-refractivity contribution in [1.82, 2.24) is 10.2 Å². The molecule has 3 nitrogen and oxygen atoms in total. The Morgan fingerprint density at radius 3 is 2.43 bits per heavy atom. The first-order valence-electron chi connectivity index (χ1n) is 5.56. The average Bonchev–Trinajstić information content (AvgIpc) is 2.15. The summed E-state index contributed by atoms with van der Waals surface area (Å²) in [5.74, 6) is 0.233. The van der Waals surface area contributed by atoms with Gasteiger partial charge in [-0.1, -0.05) is 0 Å². The molecule has 0 unspecified atom stereocenters. The average molecular weight is 198 g/mol. The minimum Gasteiger partial charge on any atom is -0.307 e. The van der Waals surface area contributed by atoms with Crippen LogP contribution >= 0.6 is 0 Å². The van der Waals surface area contributed by atoms with Gasteiger partial charge in [0, 0.05) is 12.1 Å². The molecular formula is C11H22N2O. The van der Waals surface area contributed by atoms with E-state index >= 15 is 0 Å². The van der Waals surface area contributed by atoms with Crippen LogP contribution in [0.3, 0.4) is 0 Å². The lowest BCUT2D eigenvalue weighted by Crippen LogP contribution is -2.45. The van der Waals surface area contributed by atoms with Crippen molar-refractivity contribution in [3.05, 3.63) is 0 Å². The Balaban J connectivity index is 2.19. The van der Waals surface area contributed by atoms with Crippen molar-refractivity contribution in [3.8, 4) is 0 Å². The van der Waals surface area contributed by atoms with Gasteiger partial charge in [0.15, 0.2) is 0 Å². The monoisotopic (exact) mass is 198 g/mol. The predicted octanol–water partition coefficient (Wildman–Crippen LogP) is 1.04. The molecule has 0 spiro atoms. The Hall–Kier alpha value is -0.410. The molecule has 0 aliphatic carbocycles. The maximum atomic E-state index is 10.8. The molecule has 1 N–H and O–H groups in total. The Bertz CT molecular complexity index is 184. The summed E-state index contributed by atoms with van der Waals surface area (Å²) in [6, 6.07) is 1.21. The van der Waals surface area contributed by atoms with E-state index in [2.05, 4.69) is 24.1 Å². The zero-order valence-electron chi connectivity index (χ0n) is 9.55. The number of nitrogens with one attached hydrogen (secondary N) is 1. The van der Waals surface area contributed by atoms with Crippen molar-refractivity contribution >= 4 is 5.78 Å². The molecule has 1 heterocycles. The molecule has 0 bridgehead atoms. The van der Waals surface area contributed by atoms with Gasteiger partial charge in [-0.3, -0.25) is 4.79 Å². The van der Waals surface area contributed by atoms with Gasteiger partial charge in [-0.15, -0.1) is 0 Å². The second kappa shape index (κ2) is 5.47. The number of carbonyl (C=O) groups excluding carboxylic acids is 1. The van der Waals surface area contributed by atoms with E-state index in [1.165, 1.54) is 12.8 Å². The molecule has 0 amide bonds. The number of likely N-dealkylation sites (tertiary alicyclic amines) is 1. The largest absolute Gasteiger partial charge is 0.307 e. The highest BCUT2D eigenvalue weighted by molar-refractivity contribution is 5.77. The Morgan fingerprint density at radius 2 is 2.00 bits per heavy atom. The van der Waals surface area contributed by atoms with Gasteiger partial charge in [0.25, 0.3) is 0 Å². The maximum absolute atomic E-state index is 10.8. The SMILES string of the molecule is CC(=O)CNC1CCN(C(C)C)CC1. The van der Waals surface area contributed by atoms with Crippen molar-refractivity contribution in [3.63, 3.8) is 0 Å². The van der Waals surface area contributed by atoms with Gasteiger partial charge in [0.1, 0.15) is 5.78 Å². The summed E-state index contributed by atoms with van der Waals surface area (Å²) in [6.07, 6.45) is 2.34. The Morgan fingerprint density at radius 1 is 1.43 bits per heavy atom. The predicted molar refractivity (Wildman–Crippen MR) is 58.4 cm³/mol. The number of piperidine rings is 1. The third-order valence-corrected chi connectivity index (χ3v) is 2.90. The maximum Gasteiger partial charge on any atom is 0.143 e. The van der Waals surface area contributed by atoms with Crippen LogP contribution in [-0.2, 0) is 4.79 Å². The van der Waals surface area contributed by atoms with E-state index in [1.807, 2.05) is 0 Å². The van der Waals surface area contributed by atoms with Crippen LogP contribution in [0.25, 0.3) is 0 Å². The standard InChI is InChI=1S/C11H22N2O/c1-9(2)13-6-4-11(5-7-13)12-8-10(3)14/h9,11-12H,4-8H2,1-3H3. The van der Waals surface area contributed by atoms with Crippen molar-refractivity contribution in [2.75, 3.05) is 19.6 Å². The molecule has 1 aliphatic rings. The number of Topliss-reactive ketones (excluding diaryl/α,β-unsaturated/α-hetero) is 1. The minimum absolute atomic E-state index is 0.233. The fourth-order valence-electron chi connectivity index (χ4n) is 1.91. The molecule has 1 rings (SSSR count). The Labute approximate surface area is 86.9 Å². The number of nitrogens with zero attached hydrogens (tertiary/aromatic N) is 1. The van der Waals surface area contributed by atoms with Gasteiger partial charge in [-0.05, 0) is 46.7 Å². The van der Waals surface area contributed by atoms with E-state index in [9.17, 15) is 4.79 Å². The fraction of sp³-hybridized carbons (Fsp3) is 0.909. The number of hydrogen-bond acceptors (Lipinski definition) is 3. The molecule has 0 saturated carbocycles. The van der Waals surface area contributed by atoms with Crippen LogP contribution in [0.15, 0.2) is 0 Å². The highest BCUT2D eigenvalue weighted by atomic mass is 16.1. The highest BCUT2D eigenvalue weighted by Crippen LogP contribution is 2.12. The van der Waals surface area contributed by atoms with Crippen molar-refractivity contribution in [2.45, 2.75) is 45.7 Å². The van der Waals surface area contributed by atoms with E-state index in [0.29, 0.717) is 18.6 Å². The van der Waals surface area contributed by atoms with Gasteiger partial charge < -0.3 is 10.2 Å². The van der Waals surface area contributed by atoms with Gasteiger partial charge in [0.05, 0.1) is 6.54 Å². The zero-order chi connectivity index (χ0) is 10.6. The molecule has 1 saturated heterocycles. The third kappa shape index (κ3) is 3.76. The van der Waals surface area contributed by atoms with Gasteiger partial charge in [-0.2, -0.15) is 0 Å². The van der Waals surface area contributed by atoms with Crippen molar-refractivity contribution in [1.29, 1.82) is 0 Å². The van der Waals surface area contributed by atoms with Crippen LogP contribution in [0.4, 0.5) is 0 Å². The summed E-state index contributed by atoms with van der Waals surface area (Å²) < 4.78 is 0. The quantitative estimate of drug-likeness (QED) is 0.732. The molecule has 82 valence electrons. The molecule has 0 atom stereocenters. The second-order valence-electron chi connectivity index (χ2n) is 4.49. The first-order valence-corrected chi connectivity index (χ1v) is 5.56. The van der Waals surface area contributed by atoms with Crippen LogP contribution in [0.1, 0.15) is 33.6 Å². The molecule has 0 aromatic rings. The summed E-state index contributed by atoms with van der Waals surface area (Å²) >= 11 is 0. The van der Waals surface area contributed by atoms with E-state index in [-0.39, 0.29) is 5.78 Å². The topological polar surface area (TPSA) is 32.3 Å². The van der Waals surface area contributed by atoms with E-state index in [4.69, 9.17) is 0 Å². The zero-order valence-corrected chi connectivity index (χ0v) is 9.55. The third-order valence-electron chi connectivity index (χ3n) is 2.90. The molecule has 1 fully saturated rings. The molecule has 0 aromatic carbocycles. The molecule has 0 aromatic heterocycles. The van der Waals surface area contributed by atoms with Gasteiger partial charge in [0.2, 0.25) is 0 Å². The van der Waals surface area contributed by atoms with Crippen molar-refractivity contribution in [2.24, 2.45) is 0 Å². The molecule has 1 aliphatic heterocycles. The lowest BCUT2D eigenvalue weighted by molar-refractivity contribution is -0.116. The van der Waals surface area contributed by atoms with Crippen LogP contribution in [0, 0.1) is 0 Å². The number of rotatable bonds is 4. The minimum atomic E-state index is 0.233. The van der Waals surface area contributed by atoms with Crippen molar-refractivity contribution < 1.29 is 4.79 Å². The second-order valence-corrected chi connectivity index (χ2v) is 4.49.